The van der Waals surface area contributed by atoms with Crippen LogP contribution in [0.1, 0.15) is 31.8 Å². The van der Waals surface area contributed by atoms with Crippen molar-refractivity contribution in [2.45, 2.75) is 0 Å². The first-order valence-electron chi connectivity index (χ1n) is 11.0. The molecule has 0 unspecified atom stereocenters. The third-order valence-corrected chi connectivity index (χ3v) is 5.91. The maximum atomic E-state index is 13.4. The summed E-state index contributed by atoms with van der Waals surface area (Å²) in [5.74, 6) is 1.27. The smallest absolute Gasteiger partial charge is 0.196 e. The fourth-order valence-electron chi connectivity index (χ4n) is 4.09. The molecule has 0 fully saturated rings. The molecule has 180 valence electrons. The summed E-state index contributed by atoms with van der Waals surface area (Å²) < 4.78 is 22.6. The number of anilines is 2. The summed E-state index contributed by atoms with van der Waals surface area (Å²) in [6.45, 7) is 0. The molecular weight excluding hydrogens is 460 g/mol. The summed E-state index contributed by atoms with van der Waals surface area (Å²) in [4.78, 5) is 26.9. The Bertz CT molecular complexity index is 1380. The van der Waals surface area contributed by atoms with Crippen LogP contribution < -0.4 is 30.4 Å². The van der Waals surface area contributed by atoms with E-state index in [1.54, 1.807) is 87.0 Å². The van der Waals surface area contributed by atoms with E-state index < -0.39 is 11.6 Å². The highest BCUT2D eigenvalue weighted by Gasteiger charge is 2.37. The Morgan fingerprint density at radius 2 is 0.861 bits per heavy atom. The predicted molar refractivity (Wildman–Crippen MR) is 135 cm³/mol. The highest BCUT2D eigenvalue weighted by atomic mass is 16.5. The number of nitrogen functional groups attached to an aromatic ring is 2. The Hall–Kier alpha value is -4.98. The average Bonchev–Trinajstić information content (AvgIpc) is 2.92. The number of ketones is 2. The minimum Gasteiger partial charge on any atom is -0.497 e. The van der Waals surface area contributed by atoms with Gasteiger partial charge in [-0.15, -0.1) is 0 Å². The van der Waals surface area contributed by atoms with Gasteiger partial charge in [0.25, 0.3) is 0 Å². The number of rotatable bonds is 6. The molecule has 4 aromatic rings. The van der Waals surface area contributed by atoms with Gasteiger partial charge in [0.2, 0.25) is 0 Å². The van der Waals surface area contributed by atoms with Gasteiger partial charge >= 0.3 is 0 Å². The summed E-state index contributed by atoms with van der Waals surface area (Å²) in [6, 6.07) is 20.1. The quantitative estimate of drug-likeness (QED) is 0.316. The van der Waals surface area contributed by atoms with Crippen LogP contribution in [0.5, 0.6) is 34.5 Å². The lowest BCUT2D eigenvalue weighted by Crippen LogP contribution is -2.24. The van der Waals surface area contributed by atoms with E-state index in [0.29, 0.717) is 23.0 Å². The monoisotopic (exact) mass is 482 g/mol. The third-order valence-electron chi connectivity index (χ3n) is 5.91. The van der Waals surface area contributed by atoms with E-state index in [9.17, 15) is 9.59 Å². The Balaban J connectivity index is 1.70. The molecule has 1 aliphatic rings. The molecular formula is C28H22N2O6. The van der Waals surface area contributed by atoms with Gasteiger partial charge in [-0.25, -0.2) is 0 Å². The molecule has 0 heterocycles. The zero-order valence-corrected chi connectivity index (χ0v) is 19.5. The van der Waals surface area contributed by atoms with Crippen molar-refractivity contribution >= 4 is 22.9 Å². The molecule has 0 amide bonds. The number of carbonyl (C=O) groups is 2. The zero-order chi connectivity index (χ0) is 25.4. The topological polar surface area (TPSA) is 123 Å². The minimum atomic E-state index is -0.417. The van der Waals surface area contributed by atoms with Gasteiger partial charge in [-0.2, -0.15) is 0 Å². The third kappa shape index (κ3) is 3.74. The number of hydrogen-bond donors (Lipinski definition) is 2. The van der Waals surface area contributed by atoms with E-state index in [2.05, 4.69) is 0 Å². The minimum absolute atomic E-state index is 0.0122. The van der Waals surface area contributed by atoms with Gasteiger partial charge in [-0.05, 0) is 48.5 Å². The van der Waals surface area contributed by atoms with Gasteiger partial charge in [0, 0.05) is 11.1 Å². The lowest BCUT2D eigenvalue weighted by molar-refractivity contribution is 0.0980. The molecule has 0 atom stereocenters. The Morgan fingerprint density at radius 3 is 1.19 bits per heavy atom. The molecule has 0 aliphatic heterocycles. The van der Waals surface area contributed by atoms with Crippen LogP contribution in [0.4, 0.5) is 11.4 Å². The molecule has 8 heteroatoms. The number of nitrogens with two attached hydrogens (primary N) is 2. The first kappa shape index (κ1) is 22.8. The van der Waals surface area contributed by atoms with Crippen molar-refractivity contribution < 1.29 is 28.5 Å². The van der Waals surface area contributed by atoms with Crippen molar-refractivity contribution in [1.82, 2.24) is 0 Å². The second kappa shape index (κ2) is 8.99. The van der Waals surface area contributed by atoms with Crippen molar-refractivity contribution in [2.75, 3.05) is 25.7 Å². The molecule has 1 aliphatic carbocycles. The number of methoxy groups -OCH3 is 2. The van der Waals surface area contributed by atoms with Crippen molar-refractivity contribution in [1.29, 1.82) is 0 Å². The van der Waals surface area contributed by atoms with E-state index in [1.165, 1.54) is 0 Å². The molecule has 0 spiro atoms. The van der Waals surface area contributed by atoms with Gasteiger partial charge < -0.3 is 30.4 Å². The molecule has 4 N–H and O–H groups in total. The maximum Gasteiger partial charge on any atom is 0.196 e. The molecule has 0 aromatic heterocycles. The molecule has 0 saturated carbocycles. The van der Waals surface area contributed by atoms with E-state index in [1.807, 2.05) is 0 Å². The SMILES string of the molecule is COc1ccc(Oc2c(N)c3c(c(N)c2Oc2ccc(OC)cc2)C(=O)c2ccccc2C3=O)cc1. The van der Waals surface area contributed by atoms with Crippen LogP contribution in [0.3, 0.4) is 0 Å². The van der Waals surface area contributed by atoms with Gasteiger partial charge in [-0.3, -0.25) is 9.59 Å². The van der Waals surface area contributed by atoms with Crippen LogP contribution in [0.25, 0.3) is 0 Å². The molecule has 0 bridgehead atoms. The normalized spacial score (nSPS) is 11.9. The predicted octanol–water partition coefficient (Wildman–Crippen LogP) is 5.23. The standard InChI is InChI=1S/C28H22N2O6/c1-33-15-7-11-17(12-8-15)35-27-23(29)21-22(26(32)20-6-4-3-5-19(20)25(21)31)24(30)28(27)36-18-13-9-16(34-2)10-14-18/h3-14H,29-30H2,1-2H3. The number of hydrogen-bond acceptors (Lipinski definition) is 8. The van der Waals surface area contributed by atoms with Gasteiger partial charge in [-0.1, -0.05) is 24.3 Å². The largest absolute Gasteiger partial charge is 0.497 e. The van der Waals surface area contributed by atoms with Crippen molar-refractivity contribution in [3.63, 3.8) is 0 Å². The Kier molecular flexibility index (Phi) is 5.69. The summed E-state index contributed by atoms with van der Waals surface area (Å²) >= 11 is 0. The lowest BCUT2D eigenvalue weighted by Gasteiger charge is -2.25. The van der Waals surface area contributed by atoms with Crippen LogP contribution in [0.2, 0.25) is 0 Å². The number of fused-ring (bicyclic) bond motifs is 2. The Labute approximate surface area is 207 Å². The molecule has 0 radical (unpaired) electrons. The van der Waals surface area contributed by atoms with Crippen LogP contribution in [-0.4, -0.2) is 25.8 Å². The molecule has 0 saturated heterocycles. The molecule has 5 rings (SSSR count). The summed E-state index contributed by atoms with van der Waals surface area (Å²) in [6.07, 6.45) is 0. The van der Waals surface area contributed by atoms with E-state index >= 15 is 0 Å². The van der Waals surface area contributed by atoms with Crippen LogP contribution in [-0.2, 0) is 0 Å². The highest BCUT2D eigenvalue weighted by Crippen LogP contribution is 2.50. The fraction of sp³-hybridized carbons (Fsp3) is 0.0714. The molecule has 4 aromatic carbocycles. The second-order valence-corrected chi connectivity index (χ2v) is 7.99. The first-order valence-corrected chi connectivity index (χ1v) is 11.0. The van der Waals surface area contributed by atoms with Crippen LogP contribution in [0.15, 0.2) is 72.8 Å². The summed E-state index contributed by atoms with van der Waals surface area (Å²) in [5, 5.41) is 0. The number of carbonyl (C=O) groups excluding carboxylic acids is 2. The van der Waals surface area contributed by atoms with E-state index in [0.717, 1.165) is 0 Å². The van der Waals surface area contributed by atoms with Gasteiger partial charge in [0.1, 0.15) is 23.0 Å². The van der Waals surface area contributed by atoms with Crippen molar-refractivity contribution in [2.24, 2.45) is 0 Å². The highest BCUT2D eigenvalue weighted by molar-refractivity contribution is 6.32. The van der Waals surface area contributed by atoms with Gasteiger partial charge in [0.15, 0.2) is 23.1 Å². The van der Waals surface area contributed by atoms with Crippen LogP contribution in [0, 0.1) is 0 Å². The Morgan fingerprint density at radius 1 is 0.528 bits per heavy atom. The average molecular weight is 482 g/mol. The molecule has 36 heavy (non-hydrogen) atoms. The lowest BCUT2D eigenvalue weighted by atomic mass is 9.82. The first-order chi connectivity index (χ1) is 17.4. The van der Waals surface area contributed by atoms with Crippen LogP contribution >= 0.6 is 0 Å². The molecule has 8 nitrogen and oxygen atoms in total. The van der Waals surface area contributed by atoms with E-state index in [-0.39, 0.29) is 45.1 Å². The van der Waals surface area contributed by atoms with Crippen molar-refractivity contribution in [3.8, 4) is 34.5 Å². The number of benzene rings is 4. The maximum absolute atomic E-state index is 13.4. The summed E-state index contributed by atoms with van der Waals surface area (Å²) in [5.41, 5.74) is 13.4. The van der Waals surface area contributed by atoms with Gasteiger partial charge in [0.05, 0.1) is 36.7 Å². The fourth-order valence-corrected chi connectivity index (χ4v) is 4.09. The number of ether oxygens (including phenoxy) is 4. The van der Waals surface area contributed by atoms with E-state index in [4.69, 9.17) is 30.4 Å². The zero-order valence-electron chi connectivity index (χ0n) is 19.5. The summed E-state index contributed by atoms with van der Waals surface area (Å²) in [7, 11) is 3.11. The second-order valence-electron chi connectivity index (χ2n) is 7.99. The van der Waals surface area contributed by atoms with Crippen molar-refractivity contribution in [3.05, 3.63) is 95.1 Å².